The average molecular weight is 440 g/mol. The van der Waals surface area contributed by atoms with Gasteiger partial charge in [-0.3, -0.25) is 0 Å². The minimum atomic E-state index is 0.177. The molecule has 2 N–H and O–H groups in total. The maximum atomic E-state index is 5.83. The Labute approximate surface area is 191 Å². The second-order valence-corrected chi connectivity index (χ2v) is 9.06. The summed E-state index contributed by atoms with van der Waals surface area (Å²) in [5.74, 6) is 4.41. The zero-order valence-electron chi connectivity index (χ0n) is 19.7. The number of nitrogens with zero attached hydrogens (tertiary/aromatic N) is 5. The second-order valence-electron chi connectivity index (χ2n) is 9.06. The fraction of sp³-hybridized carbons (Fsp3) is 0.625. The lowest BCUT2D eigenvalue weighted by atomic mass is 9.99. The first-order valence-corrected chi connectivity index (χ1v) is 11.9. The zero-order valence-corrected chi connectivity index (χ0v) is 19.7. The van der Waals surface area contributed by atoms with Gasteiger partial charge in [-0.2, -0.15) is 0 Å². The molecule has 3 heterocycles. The highest BCUT2D eigenvalue weighted by Crippen LogP contribution is 2.31. The normalized spacial score (nSPS) is 20.0. The molecule has 0 amide bonds. The molecule has 0 bridgehead atoms. The van der Waals surface area contributed by atoms with Crippen LogP contribution in [0.4, 0.5) is 0 Å². The van der Waals surface area contributed by atoms with Crippen molar-refractivity contribution >= 4 is 5.96 Å². The van der Waals surface area contributed by atoms with Crippen molar-refractivity contribution in [1.29, 1.82) is 0 Å². The number of hydrogen-bond acceptors (Lipinski definition) is 5. The second kappa shape index (κ2) is 10.8. The first-order chi connectivity index (χ1) is 15.6. The third-order valence-electron chi connectivity index (χ3n) is 6.65. The topological polar surface area (TPSA) is 79.6 Å². The predicted molar refractivity (Wildman–Crippen MR) is 127 cm³/mol. The molecule has 1 atom stereocenters. The van der Waals surface area contributed by atoms with Gasteiger partial charge < -0.3 is 24.8 Å². The van der Waals surface area contributed by atoms with Crippen LogP contribution >= 0.6 is 0 Å². The van der Waals surface area contributed by atoms with E-state index in [4.69, 9.17) is 9.73 Å². The van der Waals surface area contributed by atoms with E-state index in [9.17, 15) is 0 Å². The molecule has 1 fully saturated rings. The smallest absolute Gasteiger partial charge is 0.192 e. The minimum Gasteiger partial charge on any atom is -0.493 e. The molecule has 4 rings (SSSR count). The lowest BCUT2D eigenvalue weighted by Gasteiger charge is -2.30. The first-order valence-electron chi connectivity index (χ1n) is 11.9. The molecule has 2 aliphatic heterocycles. The molecule has 8 heteroatoms. The summed E-state index contributed by atoms with van der Waals surface area (Å²) >= 11 is 0. The molecule has 1 aromatic heterocycles. The van der Waals surface area contributed by atoms with Gasteiger partial charge in [0.2, 0.25) is 0 Å². The van der Waals surface area contributed by atoms with Gasteiger partial charge in [-0.15, -0.1) is 10.2 Å². The Kier molecular flexibility index (Phi) is 7.63. The Balaban J connectivity index is 1.38. The molecule has 0 saturated carbocycles. The van der Waals surface area contributed by atoms with E-state index in [1.54, 1.807) is 0 Å². The Morgan fingerprint density at radius 2 is 2.00 bits per heavy atom. The number of aryl methyl sites for hydroxylation is 1. The molecular formula is C24H37N7O. The molecule has 2 aromatic rings. The lowest BCUT2D eigenvalue weighted by Crippen LogP contribution is -2.42. The van der Waals surface area contributed by atoms with Crippen molar-refractivity contribution in [3.05, 3.63) is 41.5 Å². The SMILES string of the molecule is Cc1nnc(CN=C(NCCCN2CCC(C)CC2)NC2CCOc3ccccc32)n1C. The maximum Gasteiger partial charge on any atom is 0.192 e. The van der Waals surface area contributed by atoms with E-state index in [2.05, 4.69) is 44.8 Å². The third-order valence-corrected chi connectivity index (χ3v) is 6.65. The number of likely N-dealkylation sites (tertiary alicyclic amines) is 1. The van der Waals surface area contributed by atoms with Crippen LogP contribution in [-0.4, -0.2) is 58.4 Å². The van der Waals surface area contributed by atoms with E-state index in [0.29, 0.717) is 13.2 Å². The number of piperidine rings is 1. The van der Waals surface area contributed by atoms with Crippen molar-refractivity contribution < 1.29 is 4.74 Å². The molecule has 32 heavy (non-hydrogen) atoms. The zero-order chi connectivity index (χ0) is 22.3. The van der Waals surface area contributed by atoms with Gasteiger partial charge in [-0.1, -0.05) is 25.1 Å². The van der Waals surface area contributed by atoms with Crippen molar-refractivity contribution in [2.24, 2.45) is 18.0 Å². The van der Waals surface area contributed by atoms with E-state index >= 15 is 0 Å². The van der Waals surface area contributed by atoms with E-state index in [-0.39, 0.29) is 6.04 Å². The number of nitrogens with one attached hydrogen (secondary N) is 2. The molecular weight excluding hydrogens is 402 g/mol. The summed E-state index contributed by atoms with van der Waals surface area (Å²) in [6.07, 6.45) is 4.65. The fourth-order valence-corrected chi connectivity index (χ4v) is 4.34. The van der Waals surface area contributed by atoms with Gasteiger partial charge in [-0.05, 0) is 57.8 Å². The van der Waals surface area contributed by atoms with Crippen molar-refractivity contribution in [2.45, 2.75) is 52.1 Å². The average Bonchev–Trinajstić information content (AvgIpc) is 3.13. The molecule has 2 aliphatic rings. The fourth-order valence-electron chi connectivity index (χ4n) is 4.34. The minimum absolute atomic E-state index is 0.177. The van der Waals surface area contributed by atoms with Crippen molar-refractivity contribution in [3.8, 4) is 5.75 Å². The summed E-state index contributed by atoms with van der Waals surface area (Å²) in [5, 5.41) is 15.6. The van der Waals surface area contributed by atoms with E-state index in [1.165, 1.54) is 31.5 Å². The highest BCUT2D eigenvalue weighted by molar-refractivity contribution is 5.80. The van der Waals surface area contributed by atoms with Crippen LogP contribution in [0.2, 0.25) is 0 Å². The molecule has 1 saturated heterocycles. The van der Waals surface area contributed by atoms with Crippen molar-refractivity contribution in [3.63, 3.8) is 0 Å². The molecule has 0 aliphatic carbocycles. The van der Waals surface area contributed by atoms with Crippen LogP contribution in [-0.2, 0) is 13.6 Å². The number of aliphatic imine (C=N–C) groups is 1. The number of aromatic nitrogens is 3. The molecule has 8 nitrogen and oxygen atoms in total. The number of para-hydroxylation sites is 1. The Hall–Kier alpha value is -2.61. The summed E-state index contributed by atoms with van der Waals surface area (Å²) < 4.78 is 7.82. The van der Waals surface area contributed by atoms with Gasteiger partial charge in [0.05, 0.1) is 12.6 Å². The lowest BCUT2D eigenvalue weighted by molar-refractivity contribution is 0.191. The number of ether oxygens (including phenoxy) is 1. The predicted octanol–water partition coefficient (Wildman–Crippen LogP) is 2.80. The molecule has 1 unspecified atom stereocenters. The van der Waals surface area contributed by atoms with Crippen molar-refractivity contribution in [1.82, 2.24) is 30.3 Å². The van der Waals surface area contributed by atoms with Crippen LogP contribution in [0.25, 0.3) is 0 Å². The van der Waals surface area contributed by atoms with Gasteiger partial charge in [0.15, 0.2) is 11.8 Å². The van der Waals surface area contributed by atoms with E-state index in [1.807, 2.05) is 30.7 Å². The summed E-state index contributed by atoms with van der Waals surface area (Å²) in [7, 11) is 1.98. The van der Waals surface area contributed by atoms with Gasteiger partial charge in [-0.25, -0.2) is 4.99 Å². The first kappa shape index (κ1) is 22.6. The number of guanidine groups is 1. The quantitative estimate of drug-likeness (QED) is 0.392. The van der Waals surface area contributed by atoms with Gasteiger partial charge in [0.1, 0.15) is 18.1 Å². The van der Waals surface area contributed by atoms with Crippen LogP contribution in [0, 0.1) is 12.8 Å². The monoisotopic (exact) mass is 439 g/mol. The van der Waals surface area contributed by atoms with Crippen LogP contribution in [0.15, 0.2) is 29.3 Å². The molecule has 174 valence electrons. The van der Waals surface area contributed by atoms with E-state index in [0.717, 1.165) is 55.2 Å². The molecule has 1 aromatic carbocycles. The maximum absolute atomic E-state index is 5.83. The van der Waals surface area contributed by atoms with Crippen molar-refractivity contribution in [2.75, 3.05) is 32.8 Å². The largest absolute Gasteiger partial charge is 0.493 e. The number of benzene rings is 1. The van der Waals surface area contributed by atoms with E-state index < -0.39 is 0 Å². The molecule has 0 radical (unpaired) electrons. The highest BCUT2D eigenvalue weighted by atomic mass is 16.5. The van der Waals surface area contributed by atoms with Crippen LogP contribution in [0.5, 0.6) is 5.75 Å². The van der Waals surface area contributed by atoms with Gasteiger partial charge >= 0.3 is 0 Å². The van der Waals surface area contributed by atoms with Crippen LogP contribution < -0.4 is 15.4 Å². The number of hydrogen-bond donors (Lipinski definition) is 2. The van der Waals surface area contributed by atoms with Crippen LogP contribution in [0.3, 0.4) is 0 Å². The van der Waals surface area contributed by atoms with Gasteiger partial charge in [0.25, 0.3) is 0 Å². The van der Waals surface area contributed by atoms with Gasteiger partial charge in [0, 0.05) is 25.6 Å². The third kappa shape index (κ3) is 5.79. The Morgan fingerprint density at radius 1 is 1.19 bits per heavy atom. The summed E-state index contributed by atoms with van der Waals surface area (Å²) in [5.41, 5.74) is 1.19. The Morgan fingerprint density at radius 3 is 2.78 bits per heavy atom. The highest BCUT2D eigenvalue weighted by Gasteiger charge is 2.22. The summed E-state index contributed by atoms with van der Waals surface area (Å²) in [4.78, 5) is 7.43. The number of rotatable bonds is 7. The standard InChI is InChI=1S/C24H37N7O/c1-18-9-14-31(15-10-18)13-6-12-25-24(26-17-23-29-28-19(2)30(23)3)27-21-11-16-32-22-8-5-4-7-20(21)22/h4-5,7-8,18,21H,6,9-17H2,1-3H3,(H2,25,26,27). The Bertz CT molecular complexity index is 902. The number of fused-ring (bicyclic) bond motifs is 1. The summed E-state index contributed by atoms with van der Waals surface area (Å²) in [6, 6.07) is 8.43. The summed E-state index contributed by atoms with van der Waals surface area (Å²) in [6.45, 7) is 9.99. The molecule has 0 spiro atoms. The van der Waals surface area contributed by atoms with Crippen LogP contribution in [0.1, 0.15) is 55.9 Å².